The number of carbonyl (C=O) groups excluding carboxylic acids is 4. The molecular formula is C21H25NO5. The number of nitrogens with one attached hydrogen (secondary N) is 1. The van der Waals surface area contributed by atoms with E-state index in [0.29, 0.717) is 36.0 Å². The molecule has 1 atom stereocenters. The van der Waals surface area contributed by atoms with Gasteiger partial charge in [0.15, 0.2) is 11.6 Å². The number of hydrogen-bond donors (Lipinski definition) is 1. The van der Waals surface area contributed by atoms with Crippen LogP contribution in [-0.4, -0.2) is 36.6 Å². The molecule has 1 aromatic carbocycles. The Morgan fingerprint density at radius 2 is 1.74 bits per heavy atom. The molecule has 144 valence electrons. The second-order valence-corrected chi connectivity index (χ2v) is 7.60. The third-order valence-corrected chi connectivity index (χ3v) is 4.45. The van der Waals surface area contributed by atoms with Gasteiger partial charge in [-0.3, -0.25) is 14.4 Å². The number of esters is 1. The highest BCUT2D eigenvalue weighted by Gasteiger charge is 2.29. The number of rotatable bonds is 6. The van der Waals surface area contributed by atoms with Crippen molar-refractivity contribution in [3.63, 3.8) is 0 Å². The van der Waals surface area contributed by atoms with Crippen LogP contribution >= 0.6 is 0 Å². The minimum Gasteiger partial charge on any atom is -0.467 e. The number of methoxy groups -OCH3 is 1. The molecule has 0 aliphatic heterocycles. The monoisotopic (exact) mass is 371 g/mol. The van der Waals surface area contributed by atoms with Crippen molar-refractivity contribution in [2.24, 2.45) is 5.41 Å². The Bertz CT molecular complexity index is 801. The van der Waals surface area contributed by atoms with E-state index in [1.165, 1.54) is 13.2 Å². The van der Waals surface area contributed by atoms with Crippen LogP contribution in [0.5, 0.6) is 0 Å². The molecule has 1 aliphatic rings. The van der Waals surface area contributed by atoms with E-state index in [4.69, 9.17) is 4.74 Å². The zero-order valence-electron chi connectivity index (χ0n) is 16.1. The molecule has 1 N–H and O–H groups in total. The number of hydrogen-bond acceptors (Lipinski definition) is 5. The molecule has 0 saturated heterocycles. The molecule has 27 heavy (non-hydrogen) atoms. The third kappa shape index (κ3) is 4.90. The second-order valence-electron chi connectivity index (χ2n) is 7.60. The van der Waals surface area contributed by atoms with Gasteiger partial charge in [0, 0.05) is 22.1 Å². The van der Waals surface area contributed by atoms with Crippen LogP contribution in [0.3, 0.4) is 0 Å². The number of benzene rings is 1. The van der Waals surface area contributed by atoms with Crippen LogP contribution in [0.4, 0.5) is 0 Å². The quantitative estimate of drug-likeness (QED) is 0.777. The average molecular weight is 371 g/mol. The Balaban J connectivity index is 2.02. The Kier molecular flexibility index (Phi) is 6.31. The predicted molar refractivity (Wildman–Crippen MR) is 100 cm³/mol. The number of amides is 1. The molecule has 0 saturated carbocycles. The molecule has 1 amide bonds. The van der Waals surface area contributed by atoms with Gasteiger partial charge in [0.25, 0.3) is 0 Å². The summed E-state index contributed by atoms with van der Waals surface area (Å²) in [6.07, 6.45) is 2.48. The SMILES string of the molecule is COC(=O)[C@H](CCCC1=CC(=O)c2ccccc2C1=O)NC(=O)C(C)(C)C. The van der Waals surface area contributed by atoms with Crippen molar-refractivity contribution in [2.45, 2.75) is 46.1 Å². The lowest BCUT2D eigenvalue weighted by Gasteiger charge is -2.23. The number of Topliss-reactive ketones (excluding diaryl/α,β-unsaturated/α-hetero) is 1. The Hall–Kier alpha value is -2.76. The highest BCUT2D eigenvalue weighted by molar-refractivity contribution is 6.24. The van der Waals surface area contributed by atoms with Crippen LogP contribution in [0, 0.1) is 5.41 Å². The molecule has 0 bridgehead atoms. The molecule has 2 rings (SSSR count). The van der Waals surface area contributed by atoms with Gasteiger partial charge in [-0.2, -0.15) is 0 Å². The number of allylic oxidation sites excluding steroid dienone is 2. The summed E-state index contributed by atoms with van der Waals surface area (Å²) < 4.78 is 4.76. The van der Waals surface area contributed by atoms with Crippen molar-refractivity contribution in [3.8, 4) is 0 Å². The van der Waals surface area contributed by atoms with Crippen molar-refractivity contribution in [2.75, 3.05) is 7.11 Å². The Morgan fingerprint density at radius 3 is 2.33 bits per heavy atom. The summed E-state index contributed by atoms with van der Waals surface area (Å²) in [5.74, 6) is -1.14. The van der Waals surface area contributed by atoms with Crippen LogP contribution in [-0.2, 0) is 14.3 Å². The molecule has 0 spiro atoms. The summed E-state index contributed by atoms with van der Waals surface area (Å²) in [5, 5.41) is 2.70. The second kappa shape index (κ2) is 8.29. The molecule has 6 nitrogen and oxygen atoms in total. The predicted octanol–water partition coefficient (Wildman–Crippen LogP) is 2.87. The van der Waals surface area contributed by atoms with Gasteiger partial charge in [0.05, 0.1) is 7.11 Å². The van der Waals surface area contributed by atoms with Gasteiger partial charge in [-0.25, -0.2) is 4.79 Å². The first-order valence-corrected chi connectivity index (χ1v) is 8.92. The summed E-state index contributed by atoms with van der Waals surface area (Å²) in [6, 6.07) is 5.94. The van der Waals surface area contributed by atoms with Crippen LogP contribution < -0.4 is 5.32 Å². The summed E-state index contributed by atoms with van der Waals surface area (Å²) in [5.41, 5.74) is 0.607. The van der Waals surface area contributed by atoms with E-state index < -0.39 is 17.4 Å². The van der Waals surface area contributed by atoms with E-state index in [1.54, 1.807) is 45.0 Å². The van der Waals surface area contributed by atoms with E-state index in [1.807, 2.05) is 0 Å². The fraction of sp³-hybridized carbons (Fsp3) is 0.429. The molecule has 0 heterocycles. The lowest BCUT2D eigenvalue weighted by molar-refractivity contribution is -0.146. The highest BCUT2D eigenvalue weighted by Crippen LogP contribution is 2.24. The van der Waals surface area contributed by atoms with Crippen molar-refractivity contribution < 1.29 is 23.9 Å². The molecule has 0 fully saturated rings. The normalized spacial score (nSPS) is 14.9. The summed E-state index contributed by atoms with van der Waals surface area (Å²) in [6.45, 7) is 5.27. The average Bonchev–Trinajstić information content (AvgIpc) is 2.63. The summed E-state index contributed by atoms with van der Waals surface area (Å²) >= 11 is 0. The third-order valence-electron chi connectivity index (χ3n) is 4.45. The van der Waals surface area contributed by atoms with E-state index >= 15 is 0 Å². The van der Waals surface area contributed by atoms with Gasteiger partial charge < -0.3 is 10.1 Å². The van der Waals surface area contributed by atoms with Crippen LogP contribution in [0.15, 0.2) is 35.9 Å². The van der Waals surface area contributed by atoms with Gasteiger partial charge in [-0.1, -0.05) is 45.0 Å². The molecule has 1 aromatic rings. The number of ether oxygens (including phenoxy) is 1. The Labute approximate surface area is 159 Å². The van der Waals surface area contributed by atoms with Crippen LogP contribution in [0.2, 0.25) is 0 Å². The van der Waals surface area contributed by atoms with Crippen molar-refractivity contribution in [3.05, 3.63) is 47.0 Å². The van der Waals surface area contributed by atoms with E-state index in [0.717, 1.165) is 0 Å². The fourth-order valence-electron chi connectivity index (χ4n) is 2.82. The number of ketones is 2. The van der Waals surface area contributed by atoms with Crippen molar-refractivity contribution >= 4 is 23.4 Å². The maximum atomic E-state index is 12.6. The summed E-state index contributed by atoms with van der Waals surface area (Å²) in [7, 11) is 1.27. The number of fused-ring (bicyclic) bond motifs is 1. The molecule has 6 heteroatoms. The Morgan fingerprint density at radius 1 is 1.11 bits per heavy atom. The zero-order chi connectivity index (χ0) is 20.2. The first-order chi connectivity index (χ1) is 12.6. The fourth-order valence-corrected chi connectivity index (χ4v) is 2.82. The van der Waals surface area contributed by atoms with Gasteiger partial charge in [0.2, 0.25) is 5.91 Å². The lowest BCUT2D eigenvalue weighted by atomic mass is 9.87. The molecule has 0 unspecified atom stereocenters. The van der Waals surface area contributed by atoms with E-state index in [2.05, 4.69) is 5.32 Å². The molecule has 0 radical (unpaired) electrons. The highest BCUT2D eigenvalue weighted by atomic mass is 16.5. The minimum absolute atomic E-state index is 0.168. The summed E-state index contributed by atoms with van der Waals surface area (Å²) in [4.78, 5) is 48.9. The zero-order valence-corrected chi connectivity index (χ0v) is 16.1. The van der Waals surface area contributed by atoms with Crippen LogP contribution in [0.25, 0.3) is 0 Å². The van der Waals surface area contributed by atoms with Gasteiger partial charge in [0.1, 0.15) is 6.04 Å². The first-order valence-electron chi connectivity index (χ1n) is 8.92. The van der Waals surface area contributed by atoms with Gasteiger partial charge in [-0.15, -0.1) is 0 Å². The largest absolute Gasteiger partial charge is 0.467 e. The molecule has 1 aliphatic carbocycles. The topological polar surface area (TPSA) is 89.5 Å². The van der Waals surface area contributed by atoms with Crippen molar-refractivity contribution in [1.82, 2.24) is 5.32 Å². The van der Waals surface area contributed by atoms with Gasteiger partial charge >= 0.3 is 5.97 Å². The lowest BCUT2D eigenvalue weighted by Crippen LogP contribution is -2.46. The molecule has 0 aromatic heterocycles. The smallest absolute Gasteiger partial charge is 0.328 e. The van der Waals surface area contributed by atoms with Gasteiger partial charge in [-0.05, 0) is 25.3 Å². The maximum absolute atomic E-state index is 12.6. The first kappa shape index (κ1) is 20.6. The number of carbonyl (C=O) groups is 4. The van der Waals surface area contributed by atoms with E-state index in [-0.39, 0.29) is 17.5 Å². The van der Waals surface area contributed by atoms with Crippen molar-refractivity contribution in [1.29, 1.82) is 0 Å². The molecular weight excluding hydrogens is 346 g/mol. The maximum Gasteiger partial charge on any atom is 0.328 e. The van der Waals surface area contributed by atoms with Crippen LogP contribution in [0.1, 0.15) is 60.7 Å². The standard InChI is InChI=1S/C21H25NO5/c1-21(2,3)20(26)22-16(19(25)27-4)11-7-8-13-12-17(23)14-9-5-6-10-15(14)18(13)24/h5-6,9-10,12,16H,7-8,11H2,1-4H3,(H,22,26)/t16-/m0/s1. The van der Waals surface area contributed by atoms with E-state index in [9.17, 15) is 19.2 Å². The minimum atomic E-state index is -0.788.